The van der Waals surface area contributed by atoms with E-state index in [1.165, 1.54) is 25.7 Å². The maximum Gasteiger partial charge on any atom is 0.147 e. The third kappa shape index (κ3) is 3.25. The Hall–Kier alpha value is -0.120. The van der Waals surface area contributed by atoms with E-state index in [1.54, 1.807) is 7.11 Å². The lowest BCUT2D eigenvalue weighted by Crippen LogP contribution is -2.40. The SMILES string of the molecule is COCOC1(CN)CCCCCC1. The minimum absolute atomic E-state index is 0.0908. The van der Waals surface area contributed by atoms with Crippen molar-refractivity contribution in [3.05, 3.63) is 0 Å². The summed E-state index contributed by atoms with van der Waals surface area (Å²) < 4.78 is 10.6. The van der Waals surface area contributed by atoms with Crippen molar-refractivity contribution in [1.82, 2.24) is 0 Å². The van der Waals surface area contributed by atoms with Gasteiger partial charge in [0, 0.05) is 13.7 Å². The van der Waals surface area contributed by atoms with Crippen molar-refractivity contribution in [2.45, 2.75) is 44.1 Å². The molecular weight excluding hydrogens is 166 g/mol. The molecule has 0 aromatic carbocycles. The van der Waals surface area contributed by atoms with Crippen molar-refractivity contribution in [2.75, 3.05) is 20.4 Å². The van der Waals surface area contributed by atoms with Crippen LogP contribution in [0, 0.1) is 0 Å². The molecule has 13 heavy (non-hydrogen) atoms. The van der Waals surface area contributed by atoms with Crippen LogP contribution in [0.5, 0.6) is 0 Å². The van der Waals surface area contributed by atoms with Gasteiger partial charge < -0.3 is 15.2 Å². The fraction of sp³-hybridized carbons (Fsp3) is 1.00. The lowest BCUT2D eigenvalue weighted by Gasteiger charge is -2.31. The highest BCUT2D eigenvalue weighted by Crippen LogP contribution is 2.29. The molecule has 1 saturated carbocycles. The third-order valence-corrected chi connectivity index (χ3v) is 2.87. The first-order chi connectivity index (χ1) is 6.33. The molecule has 1 aliphatic rings. The predicted octanol–water partition coefficient (Wildman–Crippen LogP) is 1.66. The van der Waals surface area contributed by atoms with Crippen LogP contribution in [-0.4, -0.2) is 26.0 Å². The van der Waals surface area contributed by atoms with Crippen molar-refractivity contribution in [2.24, 2.45) is 5.73 Å². The molecule has 78 valence electrons. The molecule has 1 fully saturated rings. The Labute approximate surface area is 80.6 Å². The second-order valence-corrected chi connectivity index (χ2v) is 3.85. The van der Waals surface area contributed by atoms with Gasteiger partial charge in [0.2, 0.25) is 0 Å². The second kappa shape index (κ2) is 5.58. The quantitative estimate of drug-likeness (QED) is 0.537. The van der Waals surface area contributed by atoms with E-state index < -0.39 is 0 Å². The molecule has 0 atom stereocenters. The predicted molar refractivity (Wildman–Crippen MR) is 52.4 cm³/mol. The van der Waals surface area contributed by atoms with Crippen LogP contribution in [0.1, 0.15) is 38.5 Å². The van der Waals surface area contributed by atoms with Gasteiger partial charge in [0.05, 0.1) is 5.60 Å². The van der Waals surface area contributed by atoms with Gasteiger partial charge >= 0.3 is 0 Å². The molecule has 0 saturated heterocycles. The summed E-state index contributed by atoms with van der Waals surface area (Å²) in [7, 11) is 1.65. The topological polar surface area (TPSA) is 44.5 Å². The van der Waals surface area contributed by atoms with Crippen LogP contribution >= 0.6 is 0 Å². The van der Waals surface area contributed by atoms with Gasteiger partial charge in [0.25, 0.3) is 0 Å². The van der Waals surface area contributed by atoms with Gasteiger partial charge in [0.1, 0.15) is 6.79 Å². The van der Waals surface area contributed by atoms with Crippen molar-refractivity contribution >= 4 is 0 Å². The normalized spacial score (nSPS) is 22.6. The van der Waals surface area contributed by atoms with Crippen molar-refractivity contribution in [3.63, 3.8) is 0 Å². The summed E-state index contributed by atoms with van der Waals surface area (Å²) in [6.45, 7) is 0.994. The summed E-state index contributed by atoms with van der Waals surface area (Å²) in [6.07, 6.45) is 7.29. The maximum atomic E-state index is 5.77. The zero-order chi connectivity index (χ0) is 9.57. The van der Waals surface area contributed by atoms with Crippen LogP contribution in [0.3, 0.4) is 0 Å². The van der Waals surface area contributed by atoms with Crippen LogP contribution in [-0.2, 0) is 9.47 Å². The molecule has 3 nitrogen and oxygen atoms in total. The van der Waals surface area contributed by atoms with E-state index in [-0.39, 0.29) is 5.60 Å². The van der Waals surface area contributed by atoms with Crippen LogP contribution in [0.4, 0.5) is 0 Å². The van der Waals surface area contributed by atoms with Gasteiger partial charge in [-0.15, -0.1) is 0 Å². The first-order valence-corrected chi connectivity index (χ1v) is 5.16. The average Bonchev–Trinajstić information content (AvgIpc) is 2.41. The number of nitrogens with two attached hydrogens (primary N) is 1. The van der Waals surface area contributed by atoms with Gasteiger partial charge in [-0.05, 0) is 12.8 Å². The van der Waals surface area contributed by atoms with E-state index in [0.29, 0.717) is 13.3 Å². The monoisotopic (exact) mass is 187 g/mol. The lowest BCUT2D eigenvalue weighted by molar-refractivity contribution is -0.132. The molecule has 1 aliphatic carbocycles. The van der Waals surface area contributed by atoms with E-state index in [4.69, 9.17) is 15.2 Å². The Bertz CT molecular complexity index is 131. The molecule has 0 heterocycles. The molecule has 3 heteroatoms. The second-order valence-electron chi connectivity index (χ2n) is 3.85. The third-order valence-electron chi connectivity index (χ3n) is 2.87. The molecule has 2 N–H and O–H groups in total. The van der Waals surface area contributed by atoms with Crippen LogP contribution < -0.4 is 5.73 Å². The van der Waals surface area contributed by atoms with E-state index in [0.717, 1.165) is 12.8 Å². The highest BCUT2D eigenvalue weighted by atomic mass is 16.7. The van der Waals surface area contributed by atoms with E-state index >= 15 is 0 Å². The van der Waals surface area contributed by atoms with Gasteiger partial charge in [0.15, 0.2) is 0 Å². The first kappa shape index (κ1) is 11.0. The Morgan fingerprint density at radius 3 is 2.23 bits per heavy atom. The average molecular weight is 187 g/mol. The Balaban J connectivity index is 2.43. The molecular formula is C10H21NO2. The largest absolute Gasteiger partial charge is 0.359 e. The molecule has 0 spiro atoms. The number of hydrogen-bond donors (Lipinski definition) is 1. The summed E-state index contributed by atoms with van der Waals surface area (Å²) in [6, 6.07) is 0. The lowest BCUT2D eigenvalue weighted by atomic mass is 9.94. The summed E-state index contributed by atoms with van der Waals surface area (Å²) >= 11 is 0. The molecule has 0 aliphatic heterocycles. The Morgan fingerprint density at radius 2 is 1.77 bits per heavy atom. The molecule has 0 amide bonds. The maximum absolute atomic E-state index is 5.77. The smallest absolute Gasteiger partial charge is 0.147 e. The zero-order valence-corrected chi connectivity index (χ0v) is 8.55. The standard InChI is InChI=1S/C10H21NO2/c1-12-9-13-10(8-11)6-4-2-3-5-7-10/h2-9,11H2,1H3. The minimum Gasteiger partial charge on any atom is -0.359 e. The fourth-order valence-corrected chi connectivity index (χ4v) is 1.96. The first-order valence-electron chi connectivity index (χ1n) is 5.16. The Kier molecular flexibility index (Phi) is 4.70. The molecule has 0 unspecified atom stereocenters. The minimum atomic E-state index is -0.0908. The summed E-state index contributed by atoms with van der Waals surface area (Å²) in [4.78, 5) is 0. The molecule has 1 rings (SSSR count). The number of methoxy groups -OCH3 is 1. The Morgan fingerprint density at radius 1 is 1.15 bits per heavy atom. The van der Waals surface area contributed by atoms with Crippen molar-refractivity contribution < 1.29 is 9.47 Å². The van der Waals surface area contributed by atoms with Crippen molar-refractivity contribution in [3.8, 4) is 0 Å². The fourth-order valence-electron chi connectivity index (χ4n) is 1.96. The van der Waals surface area contributed by atoms with Gasteiger partial charge in [-0.2, -0.15) is 0 Å². The van der Waals surface area contributed by atoms with Gasteiger partial charge in [-0.25, -0.2) is 0 Å². The molecule has 0 radical (unpaired) electrons. The van der Waals surface area contributed by atoms with Crippen molar-refractivity contribution in [1.29, 1.82) is 0 Å². The summed E-state index contributed by atoms with van der Waals surface area (Å²) in [5, 5.41) is 0. The highest BCUT2D eigenvalue weighted by molar-refractivity contribution is 4.83. The van der Waals surface area contributed by atoms with Crippen LogP contribution in [0.15, 0.2) is 0 Å². The van der Waals surface area contributed by atoms with Gasteiger partial charge in [-0.1, -0.05) is 25.7 Å². The molecule has 0 aromatic heterocycles. The van der Waals surface area contributed by atoms with Crippen LogP contribution in [0.2, 0.25) is 0 Å². The highest BCUT2D eigenvalue weighted by Gasteiger charge is 2.30. The number of rotatable bonds is 4. The van der Waals surface area contributed by atoms with Gasteiger partial charge in [-0.3, -0.25) is 0 Å². The zero-order valence-electron chi connectivity index (χ0n) is 8.55. The molecule has 0 bridgehead atoms. The number of ether oxygens (including phenoxy) is 2. The molecule has 0 aromatic rings. The summed E-state index contributed by atoms with van der Waals surface area (Å²) in [5.41, 5.74) is 5.68. The van der Waals surface area contributed by atoms with E-state index in [1.807, 2.05) is 0 Å². The van der Waals surface area contributed by atoms with E-state index in [2.05, 4.69) is 0 Å². The summed E-state index contributed by atoms with van der Waals surface area (Å²) in [5.74, 6) is 0. The number of hydrogen-bond acceptors (Lipinski definition) is 3. The van der Waals surface area contributed by atoms with E-state index in [9.17, 15) is 0 Å². The van der Waals surface area contributed by atoms with Crippen LogP contribution in [0.25, 0.3) is 0 Å².